The molecule has 1 aromatic heterocycles. The van der Waals surface area contributed by atoms with Crippen molar-refractivity contribution in [2.75, 3.05) is 7.05 Å². The van der Waals surface area contributed by atoms with Gasteiger partial charge in [0.1, 0.15) is 11.1 Å². The number of carbonyl (C=O) groups excluding carboxylic acids is 1. The van der Waals surface area contributed by atoms with Gasteiger partial charge in [-0.3, -0.25) is 4.79 Å². The van der Waals surface area contributed by atoms with Crippen LogP contribution >= 0.6 is 0 Å². The maximum Gasteiger partial charge on any atom is 0.349 e. The highest BCUT2D eigenvalue weighted by Crippen LogP contribution is 2.23. The minimum atomic E-state index is -0.557. The number of amides is 1. The molecule has 1 amide bonds. The van der Waals surface area contributed by atoms with Crippen molar-refractivity contribution in [2.45, 2.75) is 31.7 Å². The number of hydrogen-bond donors (Lipinski definition) is 0. The highest BCUT2D eigenvalue weighted by Gasteiger charge is 2.26. The molecule has 1 aromatic carbocycles. The Labute approximate surface area is 117 Å². The fraction of sp³-hybridized carbons (Fsp3) is 0.375. The van der Waals surface area contributed by atoms with Gasteiger partial charge in [0.25, 0.3) is 5.91 Å². The average molecular weight is 271 g/mol. The van der Waals surface area contributed by atoms with E-state index < -0.39 is 5.63 Å². The summed E-state index contributed by atoms with van der Waals surface area (Å²) in [5, 5.41) is 0.773. The fourth-order valence-electron chi connectivity index (χ4n) is 2.86. The summed E-state index contributed by atoms with van der Waals surface area (Å²) >= 11 is 0. The van der Waals surface area contributed by atoms with E-state index in [1.807, 2.05) is 12.1 Å². The first-order valence-corrected chi connectivity index (χ1v) is 6.97. The lowest BCUT2D eigenvalue weighted by Crippen LogP contribution is -2.37. The first-order chi connectivity index (χ1) is 9.66. The fourth-order valence-corrected chi connectivity index (χ4v) is 2.86. The molecule has 2 aromatic rings. The smallest absolute Gasteiger partial charge is 0.349 e. The molecule has 1 aliphatic rings. The van der Waals surface area contributed by atoms with Crippen LogP contribution in [-0.4, -0.2) is 23.9 Å². The van der Waals surface area contributed by atoms with Crippen LogP contribution in [0.1, 0.15) is 36.0 Å². The van der Waals surface area contributed by atoms with E-state index in [4.69, 9.17) is 4.42 Å². The number of para-hydroxylation sites is 1. The zero-order chi connectivity index (χ0) is 14.1. The molecular formula is C16H17NO3. The van der Waals surface area contributed by atoms with Gasteiger partial charge in [-0.15, -0.1) is 0 Å². The molecule has 0 radical (unpaired) electrons. The summed E-state index contributed by atoms with van der Waals surface area (Å²) in [7, 11) is 1.77. The van der Waals surface area contributed by atoms with Crippen molar-refractivity contribution >= 4 is 16.9 Å². The summed E-state index contributed by atoms with van der Waals surface area (Å²) < 4.78 is 5.22. The molecule has 0 atom stereocenters. The first kappa shape index (κ1) is 12.9. The zero-order valence-electron chi connectivity index (χ0n) is 11.5. The van der Waals surface area contributed by atoms with E-state index in [-0.39, 0.29) is 17.5 Å². The molecule has 0 N–H and O–H groups in total. The third-order valence-electron chi connectivity index (χ3n) is 4.06. The second-order valence-electron chi connectivity index (χ2n) is 5.34. The van der Waals surface area contributed by atoms with Gasteiger partial charge in [-0.1, -0.05) is 31.0 Å². The summed E-state index contributed by atoms with van der Waals surface area (Å²) in [6, 6.07) is 9.10. The molecular weight excluding hydrogens is 254 g/mol. The van der Waals surface area contributed by atoms with Crippen LogP contribution in [0.3, 0.4) is 0 Å². The largest absolute Gasteiger partial charge is 0.422 e. The van der Waals surface area contributed by atoms with Crippen LogP contribution in [0, 0.1) is 0 Å². The molecule has 3 rings (SSSR count). The lowest BCUT2D eigenvalue weighted by molar-refractivity contribution is 0.0731. The third kappa shape index (κ3) is 2.22. The van der Waals surface area contributed by atoms with E-state index in [1.165, 1.54) is 0 Å². The molecule has 4 nitrogen and oxygen atoms in total. The Morgan fingerprint density at radius 3 is 2.70 bits per heavy atom. The van der Waals surface area contributed by atoms with Gasteiger partial charge in [0, 0.05) is 18.5 Å². The maximum atomic E-state index is 12.5. The molecule has 20 heavy (non-hydrogen) atoms. The Balaban J connectivity index is 1.98. The summed E-state index contributed by atoms with van der Waals surface area (Å²) in [5.41, 5.74) is 0.0780. The Morgan fingerprint density at radius 1 is 1.25 bits per heavy atom. The number of hydrogen-bond acceptors (Lipinski definition) is 3. The normalized spacial score (nSPS) is 15.7. The Bertz CT molecular complexity index is 698. The van der Waals surface area contributed by atoms with Crippen molar-refractivity contribution in [3.8, 4) is 0 Å². The van der Waals surface area contributed by atoms with Crippen molar-refractivity contribution in [1.82, 2.24) is 4.90 Å². The molecule has 0 saturated heterocycles. The molecule has 1 heterocycles. The predicted octanol–water partition coefficient (Wildman–Crippen LogP) is 2.81. The minimum Gasteiger partial charge on any atom is -0.422 e. The van der Waals surface area contributed by atoms with Crippen molar-refractivity contribution in [3.63, 3.8) is 0 Å². The summed E-state index contributed by atoms with van der Waals surface area (Å²) in [6.45, 7) is 0. The van der Waals surface area contributed by atoms with Gasteiger partial charge >= 0.3 is 5.63 Å². The summed E-state index contributed by atoms with van der Waals surface area (Å²) in [6.07, 6.45) is 4.32. The lowest BCUT2D eigenvalue weighted by atomic mass is 10.1. The number of fused-ring (bicyclic) bond motifs is 1. The van der Waals surface area contributed by atoms with Crippen LogP contribution in [0.2, 0.25) is 0 Å². The second-order valence-corrected chi connectivity index (χ2v) is 5.34. The highest BCUT2D eigenvalue weighted by molar-refractivity contribution is 5.96. The van der Waals surface area contributed by atoms with E-state index >= 15 is 0 Å². The predicted molar refractivity (Wildman–Crippen MR) is 76.8 cm³/mol. The van der Waals surface area contributed by atoms with Crippen LogP contribution < -0.4 is 5.63 Å². The van der Waals surface area contributed by atoms with Crippen LogP contribution in [0.25, 0.3) is 11.0 Å². The zero-order valence-corrected chi connectivity index (χ0v) is 11.5. The van der Waals surface area contributed by atoms with Gasteiger partial charge in [0.05, 0.1) is 0 Å². The molecule has 0 spiro atoms. The van der Waals surface area contributed by atoms with E-state index in [2.05, 4.69) is 0 Å². The number of rotatable bonds is 2. The van der Waals surface area contributed by atoms with Gasteiger partial charge in [-0.2, -0.15) is 0 Å². The molecule has 4 heteroatoms. The van der Waals surface area contributed by atoms with Gasteiger partial charge in [0.2, 0.25) is 0 Å². The van der Waals surface area contributed by atoms with Gasteiger partial charge in [-0.25, -0.2) is 4.79 Å². The van der Waals surface area contributed by atoms with Crippen molar-refractivity contribution in [2.24, 2.45) is 0 Å². The molecule has 0 bridgehead atoms. The standard InChI is InChI=1S/C16H17NO3/c1-17(12-7-3-4-8-12)15(18)13-10-11-6-2-5-9-14(11)20-16(13)19/h2,5-6,9-10,12H,3-4,7-8H2,1H3. The summed E-state index contributed by atoms with van der Waals surface area (Å²) in [4.78, 5) is 26.1. The van der Waals surface area contributed by atoms with Crippen LogP contribution in [0.5, 0.6) is 0 Å². The van der Waals surface area contributed by atoms with Crippen molar-refractivity contribution in [3.05, 3.63) is 46.3 Å². The molecule has 1 saturated carbocycles. The van der Waals surface area contributed by atoms with Gasteiger partial charge in [0.15, 0.2) is 0 Å². The molecule has 1 aliphatic carbocycles. The molecule has 1 fully saturated rings. The van der Waals surface area contributed by atoms with Crippen molar-refractivity contribution in [1.29, 1.82) is 0 Å². The van der Waals surface area contributed by atoms with Crippen molar-refractivity contribution < 1.29 is 9.21 Å². The van der Waals surface area contributed by atoms with Crippen LogP contribution in [-0.2, 0) is 0 Å². The monoisotopic (exact) mass is 271 g/mol. The number of nitrogens with zero attached hydrogens (tertiary/aromatic N) is 1. The van der Waals surface area contributed by atoms with Gasteiger partial charge in [-0.05, 0) is 25.0 Å². The van der Waals surface area contributed by atoms with E-state index in [0.717, 1.165) is 31.1 Å². The lowest BCUT2D eigenvalue weighted by Gasteiger charge is -2.23. The highest BCUT2D eigenvalue weighted by atomic mass is 16.4. The maximum absolute atomic E-state index is 12.5. The average Bonchev–Trinajstić information content (AvgIpc) is 2.99. The minimum absolute atomic E-state index is 0.123. The number of benzene rings is 1. The SMILES string of the molecule is CN(C(=O)c1cc2ccccc2oc1=O)C1CCCC1. The quantitative estimate of drug-likeness (QED) is 0.789. The first-order valence-electron chi connectivity index (χ1n) is 6.97. The molecule has 0 unspecified atom stereocenters. The Morgan fingerprint density at radius 2 is 1.95 bits per heavy atom. The molecule has 0 aliphatic heterocycles. The molecule has 104 valence electrons. The topological polar surface area (TPSA) is 50.5 Å². The Kier molecular flexibility index (Phi) is 3.30. The van der Waals surface area contributed by atoms with E-state index in [9.17, 15) is 9.59 Å². The Hall–Kier alpha value is -2.10. The van der Waals surface area contributed by atoms with Crippen LogP contribution in [0.15, 0.2) is 39.5 Å². The second kappa shape index (κ2) is 5.12. The van der Waals surface area contributed by atoms with E-state index in [1.54, 1.807) is 30.1 Å². The van der Waals surface area contributed by atoms with Crippen LogP contribution in [0.4, 0.5) is 0 Å². The third-order valence-corrected chi connectivity index (χ3v) is 4.06. The summed E-state index contributed by atoms with van der Waals surface area (Å²) in [5.74, 6) is -0.239. The number of carbonyl (C=O) groups is 1. The van der Waals surface area contributed by atoms with E-state index in [0.29, 0.717) is 5.58 Å². The van der Waals surface area contributed by atoms with Gasteiger partial charge < -0.3 is 9.32 Å².